The van der Waals surface area contributed by atoms with Gasteiger partial charge in [0.05, 0.1) is 18.4 Å². The Morgan fingerprint density at radius 2 is 2.21 bits per heavy atom. The molecular formula is C12H19N3O3S. The van der Waals surface area contributed by atoms with Gasteiger partial charge >= 0.3 is 0 Å². The minimum atomic E-state index is -3.53. The Morgan fingerprint density at radius 1 is 1.47 bits per heavy atom. The first-order valence-corrected chi connectivity index (χ1v) is 7.62. The molecule has 1 saturated heterocycles. The van der Waals surface area contributed by atoms with Gasteiger partial charge in [0.15, 0.2) is 0 Å². The highest BCUT2D eigenvalue weighted by molar-refractivity contribution is 7.89. The number of rotatable bonds is 3. The van der Waals surface area contributed by atoms with Crippen LogP contribution >= 0.6 is 0 Å². The van der Waals surface area contributed by atoms with E-state index in [9.17, 15) is 8.42 Å². The Balaban J connectivity index is 2.45. The van der Waals surface area contributed by atoms with Gasteiger partial charge in [-0.15, -0.1) is 0 Å². The second-order valence-electron chi connectivity index (χ2n) is 4.56. The van der Waals surface area contributed by atoms with E-state index in [-0.39, 0.29) is 11.0 Å². The number of ether oxygens (including phenoxy) is 1. The fraction of sp³-hybridized carbons (Fsp3) is 0.500. The quantitative estimate of drug-likeness (QED) is 0.785. The van der Waals surface area contributed by atoms with Gasteiger partial charge in [-0.1, -0.05) is 0 Å². The largest absolute Gasteiger partial charge is 0.399 e. The zero-order valence-corrected chi connectivity index (χ0v) is 11.9. The summed E-state index contributed by atoms with van der Waals surface area (Å²) in [5.74, 6) is 0. The van der Waals surface area contributed by atoms with Crippen molar-refractivity contribution >= 4 is 21.4 Å². The van der Waals surface area contributed by atoms with Crippen molar-refractivity contribution in [2.45, 2.75) is 17.9 Å². The summed E-state index contributed by atoms with van der Waals surface area (Å²) in [4.78, 5) is 2.22. The molecule has 1 heterocycles. The van der Waals surface area contributed by atoms with E-state index < -0.39 is 10.0 Å². The number of nitrogens with zero attached hydrogens (tertiary/aromatic N) is 1. The standard InChI is InChI=1S/C12H19N3O3S/c1-9-8-15(5-6-18-9)11-4-3-10(13)7-12(11)19(16,17)14-2/h3-4,7,9,14H,5-6,8,13H2,1-2H3. The highest BCUT2D eigenvalue weighted by Gasteiger charge is 2.24. The minimum absolute atomic E-state index is 0.0800. The van der Waals surface area contributed by atoms with Crippen LogP contribution in [-0.2, 0) is 14.8 Å². The molecule has 1 aliphatic rings. The highest BCUT2D eigenvalue weighted by Crippen LogP contribution is 2.28. The molecule has 0 radical (unpaired) electrons. The van der Waals surface area contributed by atoms with E-state index in [0.717, 1.165) is 0 Å². The molecule has 1 aromatic rings. The summed E-state index contributed by atoms with van der Waals surface area (Å²) in [6, 6.07) is 4.95. The van der Waals surface area contributed by atoms with E-state index in [1.807, 2.05) is 11.8 Å². The lowest BCUT2D eigenvalue weighted by atomic mass is 10.2. The van der Waals surface area contributed by atoms with E-state index in [1.54, 1.807) is 12.1 Å². The van der Waals surface area contributed by atoms with Gasteiger partial charge in [0, 0.05) is 18.8 Å². The number of sulfonamides is 1. The van der Waals surface area contributed by atoms with Crippen molar-refractivity contribution < 1.29 is 13.2 Å². The molecule has 2 rings (SSSR count). The fourth-order valence-corrected chi connectivity index (χ4v) is 3.14. The maximum absolute atomic E-state index is 12.1. The molecule has 7 heteroatoms. The van der Waals surface area contributed by atoms with Gasteiger partial charge in [-0.3, -0.25) is 0 Å². The predicted octanol–water partition coefficient (Wildman–Crippen LogP) is 0.402. The van der Waals surface area contributed by atoms with E-state index in [1.165, 1.54) is 13.1 Å². The van der Waals surface area contributed by atoms with Gasteiger partial charge in [-0.25, -0.2) is 13.1 Å². The van der Waals surface area contributed by atoms with Crippen LogP contribution in [0.25, 0.3) is 0 Å². The van der Waals surface area contributed by atoms with Crippen molar-refractivity contribution in [3.8, 4) is 0 Å². The SMILES string of the molecule is CNS(=O)(=O)c1cc(N)ccc1N1CCOC(C)C1. The van der Waals surface area contributed by atoms with Gasteiger partial charge < -0.3 is 15.4 Å². The van der Waals surface area contributed by atoms with Gasteiger partial charge in [-0.2, -0.15) is 0 Å². The molecule has 19 heavy (non-hydrogen) atoms. The number of nitrogen functional groups attached to an aromatic ring is 1. The Hall–Kier alpha value is -1.31. The monoisotopic (exact) mass is 285 g/mol. The molecule has 0 bridgehead atoms. The Bertz CT molecular complexity index is 559. The Labute approximate surface area is 113 Å². The van der Waals surface area contributed by atoms with Gasteiger partial charge in [-0.05, 0) is 32.2 Å². The number of anilines is 2. The molecule has 6 nitrogen and oxygen atoms in total. The summed E-state index contributed by atoms with van der Waals surface area (Å²) in [5.41, 5.74) is 6.80. The summed E-state index contributed by atoms with van der Waals surface area (Å²) in [6.07, 6.45) is 0.0800. The third-order valence-corrected chi connectivity index (χ3v) is 4.57. The van der Waals surface area contributed by atoms with Crippen LogP contribution in [0, 0.1) is 0 Å². The molecule has 3 N–H and O–H groups in total. The maximum Gasteiger partial charge on any atom is 0.242 e. The van der Waals surface area contributed by atoms with Crippen molar-refractivity contribution in [3.63, 3.8) is 0 Å². The van der Waals surface area contributed by atoms with E-state index in [2.05, 4.69) is 4.72 Å². The van der Waals surface area contributed by atoms with Gasteiger partial charge in [0.2, 0.25) is 10.0 Å². The van der Waals surface area contributed by atoms with Crippen LogP contribution in [0.15, 0.2) is 23.1 Å². The number of nitrogens with two attached hydrogens (primary N) is 1. The number of morpholine rings is 1. The summed E-state index contributed by atoms with van der Waals surface area (Å²) < 4.78 is 32.0. The second kappa shape index (κ2) is 5.36. The smallest absolute Gasteiger partial charge is 0.242 e. The van der Waals surface area contributed by atoms with E-state index in [0.29, 0.717) is 31.1 Å². The van der Waals surface area contributed by atoms with Gasteiger partial charge in [0.25, 0.3) is 0 Å². The summed E-state index contributed by atoms with van der Waals surface area (Å²) in [5, 5.41) is 0. The molecule has 1 atom stereocenters. The zero-order valence-electron chi connectivity index (χ0n) is 11.1. The van der Waals surface area contributed by atoms with Crippen LogP contribution < -0.4 is 15.4 Å². The molecule has 0 aromatic heterocycles. The van der Waals surface area contributed by atoms with Crippen molar-refractivity contribution in [2.75, 3.05) is 37.4 Å². The highest BCUT2D eigenvalue weighted by atomic mass is 32.2. The molecule has 1 aromatic carbocycles. The molecule has 0 saturated carbocycles. The van der Waals surface area contributed by atoms with Crippen LogP contribution in [-0.4, -0.2) is 41.3 Å². The lowest BCUT2D eigenvalue weighted by Gasteiger charge is -2.34. The minimum Gasteiger partial charge on any atom is -0.399 e. The van der Waals surface area contributed by atoms with Crippen LogP contribution in [0.5, 0.6) is 0 Å². The molecule has 1 unspecified atom stereocenters. The normalized spacial score (nSPS) is 20.5. The first kappa shape index (κ1) is 14.1. The summed E-state index contributed by atoms with van der Waals surface area (Å²) in [7, 11) is -2.14. The number of benzene rings is 1. The van der Waals surface area contributed by atoms with Crippen LogP contribution in [0.2, 0.25) is 0 Å². The van der Waals surface area contributed by atoms with Crippen molar-refractivity contribution in [1.82, 2.24) is 4.72 Å². The second-order valence-corrected chi connectivity index (χ2v) is 6.42. The maximum atomic E-state index is 12.1. The van der Waals surface area contributed by atoms with Crippen LogP contribution in [0.3, 0.4) is 0 Å². The molecule has 1 aliphatic heterocycles. The lowest BCUT2D eigenvalue weighted by molar-refractivity contribution is 0.0530. The van der Waals surface area contributed by atoms with Gasteiger partial charge in [0.1, 0.15) is 4.90 Å². The predicted molar refractivity (Wildman–Crippen MR) is 74.7 cm³/mol. The molecule has 0 amide bonds. The molecule has 106 valence electrons. The van der Waals surface area contributed by atoms with Crippen molar-refractivity contribution in [1.29, 1.82) is 0 Å². The third-order valence-electron chi connectivity index (χ3n) is 3.12. The molecule has 0 aliphatic carbocycles. The average molecular weight is 285 g/mol. The van der Waals surface area contributed by atoms with Crippen LogP contribution in [0.1, 0.15) is 6.92 Å². The Kier molecular flexibility index (Phi) is 3.98. The lowest BCUT2D eigenvalue weighted by Crippen LogP contribution is -2.42. The summed E-state index contributed by atoms with van der Waals surface area (Å²) in [6.45, 7) is 3.89. The van der Waals surface area contributed by atoms with Crippen LogP contribution in [0.4, 0.5) is 11.4 Å². The summed E-state index contributed by atoms with van der Waals surface area (Å²) >= 11 is 0. The Morgan fingerprint density at radius 3 is 2.84 bits per heavy atom. The number of nitrogens with one attached hydrogen (secondary N) is 1. The first-order valence-electron chi connectivity index (χ1n) is 6.13. The first-order chi connectivity index (χ1) is 8.94. The van der Waals surface area contributed by atoms with Crippen molar-refractivity contribution in [3.05, 3.63) is 18.2 Å². The van der Waals surface area contributed by atoms with E-state index >= 15 is 0 Å². The molecular weight excluding hydrogens is 266 g/mol. The molecule has 0 spiro atoms. The van der Waals surface area contributed by atoms with Crippen molar-refractivity contribution in [2.24, 2.45) is 0 Å². The number of hydrogen-bond acceptors (Lipinski definition) is 5. The zero-order chi connectivity index (χ0) is 14.0. The fourth-order valence-electron chi connectivity index (χ4n) is 2.15. The average Bonchev–Trinajstić information content (AvgIpc) is 2.38. The molecule has 1 fully saturated rings. The third kappa shape index (κ3) is 2.99. The van der Waals surface area contributed by atoms with E-state index in [4.69, 9.17) is 10.5 Å². The number of hydrogen-bond donors (Lipinski definition) is 2. The topological polar surface area (TPSA) is 84.7 Å².